The van der Waals surface area contributed by atoms with Crippen LogP contribution in [0.1, 0.15) is 24.2 Å². The maximum absolute atomic E-state index is 12.9. The van der Waals surface area contributed by atoms with Crippen LogP contribution in [0.5, 0.6) is 0 Å². The van der Waals surface area contributed by atoms with Gasteiger partial charge < -0.3 is 10.2 Å². The molecule has 0 radical (unpaired) electrons. The minimum atomic E-state index is -0.283. The molecule has 0 fully saturated rings. The number of hydrogen-bond donors (Lipinski definition) is 1. The number of benzene rings is 1. The van der Waals surface area contributed by atoms with E-state index in [9.17, 15) is 9.18 Å². The number of hydrogen-bond acceptors (Lipinski definition) is 2. The van der Waals surface area contributed by atoms with E-state index in [1.54, 1.807) is 30.3 Å². The van der Waals surface area contributed by atoms with E-state index < -0.39 is 0 Å². The standard InChI is InChI=1S/C17H20FN3O/c1-13(14-6-8-15(18)9-7-14)20-17(22)21(2)12-10-16-5-3-4-11-19-16/h3-9,11,13H,10,12H2,1-2H3,(H,20,22)/t13-/m1/s1. The number of rotatable bonds is 5. The molecular formula is C17H20FN3O. The van der Waals surface area contributed by atoms with E-state index in [0.717, 1.165) is 11.3 Å². The number of urea groups is 1. The van der Waals surface area contributed by atoms with Crippen LogP contribution >= 0.6 is 0 Å². The van der Waals surface area contributed by atoms with Crippen molar-refractivity contribution < 1.29 is 9.18 Å². The summed E-state index contributed by atoms with van der Waals surface area (Å²) in [4.78, 5) is 18.0. The van der Waals surface area contributed by atoms with Crippen molar-refractivity contribution in [3.8, 4) is 0 Å². The van der Waals surface area contributed by atoms with E-state index in [-0.39, 0.29) is 17.9 Å². The van der Waals surface area contributed by atoms with E-state index in [2.05, 4.69) is 10.3 Å². The summed E-state index contributed by atoms with van der Waals surface area (Å²) >= 11 is 0. The summed E-state index contributed by atoms with van der Waals surface area (Å²) in [5.74, 6) is -0.283. The minimum Gasteiger partial charge on any atom is -0.331 e. The maximum atomic E-state index is 12.9. The monoisotopic (exact) mass is 301 g/mol. The van der Waals surface area contributed by atoms with Gasteiger partial charge in [-0.25, -0.2) is 9.18 Å². The van der Waals surface area contributed by atoms with E-state index in [1.165, 1.54) is 12.1 Å². The Morgan fingerprint density at radius 3 is 2.64 bits per heavy atom. The van der Waals surface area contributed by atoms with Gasteiger partial charge in [0.15, 0.2) is 0 Å². The molecule has 0 aliphatic heterocycles. The minimum absolute atomic E-state index is 0.159. The van der Waals surface area contributed by atoms with Gasteiger partial charge in [0.2, 0.25) is 0 Å². The van der Waals surface area contributed by atoms with E-state index in [4.69, 9.17) is 0 Å². The zero-order chi connectivity index (χ0) is 15.9. The summed E-state index contributed by atoms with van der Waals surface area (Å²) in [5, 5.41) is 2.90. The third-order valence-electron chi connectivity index (χ3n) is 3.49. The van der Waals surface area contributed by atoms with E-state index in [1.807, 2.05) is 25.1 Å². The molecule has 0 saturated heterocycles. The molecule has 0 spiro atoms. The molecule has 0 unspecified atom stereocenters. The van der Waals surface area contributed by atoms with Crippen LogP contribution < -0.4 is 5.32 Å². The van der Waals surface area contributed by atoms with Crippen molar-refractivity contribution in [3.63, 3.8) is 0 Å². The molecule has 0 saturated carbocycles. The number of carbonyl (C=O) groups is 1. The van der Waals surface area contributed by atoms with Gasteiger partial charge in [0.1, 0.15) is 5.82 Å². The first-order valence-corrected chi connectivity index (χ1v) is 7.23. The lowest BCUT2D eigenvalue weighted by Crippen LogP contribution is -2.39. The van der Waals surface area contributed by atoms with Crippen LogP contribution in [-0.2, 0) is 6.42 Å². The first-order valence-electron chi connectivity index (χ1n) is 7.23. The predicted molar refractivity (Wildman–Crippen MR) is 83.9 cm³/mol. The molecule has 1 heterocycles. The van der Waals surface area contributed by atoms with E-state index in [0.29, 0.717) is 13.0 Å². The van der Waals surface area contributed by atoms with Crippen LogP contribution in [-0.4, -0.2) is 29.5 Å². The number of nitrogens with one attached hydrogen (secondary N) is 1. The van der Waals surface area contributed by atoms with Crippen LogP contribution in [0, 0.1) is 5.82 Å². The fourth-order valence-corrected chi connectivity index (χ4v) is 2.06. The smallest absolute Gasteiger partial charge is 0.317 e. The highest BCUT2D eigenvalue weighted by atomic mass is 19.1. The second-order valence-electron chi connectivity index (χ2n) is 5.22. The van der Waals surface area contributed by atoms with Gasteiger partial charge in [-0.05, 0) is 36.8 Å². The number of likely N-dealkylation sites (N-methyl/N-ethyl adjacent to an activating group) is 1. The molecule has 0 aliphatic rings. The summed E-state index contributed by atoms with van der Waals surface area (Å²) < 4.78 is 12.9. The lowest BCUT2D eigenvalue weighted by atomic mass is 10.1. The second kappa shape index (κ2) is 7.54. The largest absolute Gasteiger partial charge is 0.331 e. The van der Waals surface area contributed by atoms with Gasteiger partial charge in [0, 0.05) is 31.9 Å². The van der Waals surface area contributed by atoms with Gasteiger partial charge in [-0.3, -0.25) is 4.98 Å². The summed E-state index contributed by atoms with van der Waals surface area (Å²) in [6.07, 6.45) is 2.45. The lowest BCUT2D eigenvalue weighted by Gasteiger charge is -2.21. The highest BCUT2D eigenvalue weighted by Gasteiger charge is 2.13. The third-order valence-corrected chi connectivity index (χ3v) is 3.49. The molecule has 1 aromatic carbocycles. The zero-order valence-corrected chi connectivity index (χ0v) is 12.8. The number of halogens is 1. The molecule has 2 rings (SSSR count). The van der Waals surface area contributed by atoms with Crippen molar-refractivity contribution in [2.24, 2.45) is 0 Å². The predicted octanol–water partition coefficient (Wildman–Crippen LogP) is 3.17. The Labute approximate surface area is 130 Å². The number of aromatic nitrogens is 1. The maximum Gasteiger partial charge on any atom is 0.317 e. The van der Waals surface area contributed by atoms with Crippen molar-refractivity contribution in [1.82, 2.24) is 15.2 Å². The highest BCUT2D eigenvalue weighted by molar-refractivity contribution is 5.74. The van der Waals surface area contributed by atoms with Crippen molar-refractivity contribution in [1.29, 1.82) is 0 Å². The third kappa shape index (κ3) is 4.55. The fraction of sp³-hybridized carbons (Fsp3) is 0.294. The molecule has 2 amide bonds. The molecule has 0 aliphatic carbocycles. The van der Waals surface area contributed by atoms with Crippen LogP contribution in [0.3, 0.4) is 0 Å². The molecule has 22 heavy (non-hydrogen) atoms. The van der Waals surface area contributed by atoms with Crippen molar-refractivity contribution in [3.05, 3.63) is 65.7 Å². The molecule has 116 valence electrons. The SMILES string of the molecule is C[C@@H](NC(=O)N(C)CCc1ccccn1)c1ccc(F)cc1. The quantitative estimate of drug-likeness (QED) is 0.922. The van der Waals surface area contributed by atoms with Gasteiger partial charge in [-0.1, -0.05) is 18.2 Å². The first-order chi connectivity index (χ1) is 10.6. The Balaban J connectivity index is 1.84. The molecule has 4 nitrogen and oxygen atoms in total. The number of pyridine rings is 1. The van der Waals surface area contributed by atoms with Gasteiger partial charge in [-0.15, -0.1) is 0 Å². The second-order valence-corrected chi connectivity index (χ2v) is 5.22. The lowest BCUT2D eigenvalue weighted by molar-refractivity contribution is 0.206. The molecule has 0 bridgehead atoms. The highest BCUT2D eigenvalue weighted by Crippen LogP contribution is 2.13. The zero-order valence-electron chi connectivity index (χ0n) is 12.8. The average Bonchev–Trinajstić information content (AvgIpc) is 2.54. The Kier molecular flexibility index (Phi) is 5.47. The summed E-state index contributed by atoms with van der Waals surface area (Å²) in [6.45, 7) is 2.46. The summed E-state index contributed by atoms with van der Waals surface area (Å²) in [5.41, 5.74) is 1.82. The van der Waals surface area contributed by atoms with Crippen molar-refractivity contribution in [2.75, 3.05) is 13.6 Å². The van der Waals surface area contributed by atoms with Crippen molar-refractivity contribution >= 4 is 6.03 Å². The normalized spacial score (nSPS) is 11.8. The molecule has 5 heteroatoms. The van der Waals surface area contributed by atoms with Gasteiger partial charge in [-0.2, -0.15) is 0 Å². The molecule has 1 N–H and O–H groups in total. The Morgan fingerprint density at radius 1 is 1.27 bits per heavy atom. The fourth-order valence-electron chi connectivity index (χ4n) is 2.06. The van der Waals surface area contributed by atoms with Crippen LogP contribution in [0.25, 0.3) is 0 Å². The Bertz CT molecular complexity index is 601. The first kappa shape index (κ1) is 15.9. The van der Waals surface area contributed by atoms with Crippen LogP contribution in [0.15, 0.2) is 48.7 Å². The van der Waals surface area contributed by atoms with Crippen molar-refractivity contribution in [2.45, 2.75) is 19.4 Å². The average molecular weight is 301 g/mol. The van der Waals surface area contributed by atoms with Crippen LogP contribution in [0.4, 0.5) is 9.18 Å². The van der Waals surface area contributed by atoms with Crippen LogP contribution in [0.2, 0.25) is 0 Å². The summed E-state index contributed by atoms with van der Waals surface area (Å²) in [6, 6.07) is 11.5. The number of nitrogens with zero attached hydrogens (tertiary/aromatic N) is 2. The molecule has 1 atom stereocenters. The van der Waals surface area contributed by atoms with E-state index >= 15 is 0 Å². The Morgan fingerprint density at radius 2 is 2.00 bits per heavy atom. The molecule has 2 aromatic rings. The number of amides is 2. The van der Waals surface area contributed by atoms with Gasteiger partial charge in [0.05, 0.1) is 6.04 Å². The Hall–Kier alpha value is -2.43. The summed E-state index contributed by atoms with van der Waals surface area (Å²) in [7, 11) is 1.75. The van der Waals surface area contributed by atoms with Gasteiger partial charge >= 0.3 is 6.03 Å². The molecular weight excluding hydrogens is 281 g/mol. The molecule has 1 aromatic heterocycles. The topological polar surface area (TPSA) is 45.2 Å². The number of carbonyl (C=O) groups excluding carboxylic acids is 1. The van der Waals surface area contributed by atoms with Gasteiger partial charge in [0.25, 0.3) is 0 Å².